The van der Waals surface area contributed by atoms with Crippen LogP contribution in [-0.4, -0.2) is 93.3 Å². The molecule has 268 valence electrons. The Morgan fingerprint density at radius 1 is 0.960 bits per heavy atom. The lowest BCUT2D eigenvalue weighted by molar-refractivity contribution is -0.239. The van der Waals surface area contributed by atoms with E-state index in [1.807, 2.05) is 6.92 Å². The highest BCUT2D eigenvalue weighted by Crippen LogP contribution is 2.85. The van der Waals surface area contributed by atoms with E-state index in [1.54, 1.807) is 13.8 Å². The molecule has 4 saturated carbocycles. The normalized spacial score (nSPS) is 40.0. The SMILES string of the molecule is [B][C@@]12CC(=O)CC[C@]1(C)[C@@]1([B])CC(=O)[C@@]3(C)[C@@]([B])(CC[C@]3([B])C(C)CCC(=O)OCCCC(=O)OC(C(F)(F)F)C(C)(F)S(=O)[O-])[C@@H]1C(=O)C2. The van der Waals surface area contributed by atoms with Crippen molar-refractivity contribution in [3.05, 3.63) is 0 Å². The van der Waals surface area contributed by atoms with E-state index in [4.69, 9.17) is 36.1 Å². The van der Waals surface area contributed by atoms with Gasteiger partial charge in [0.1, 0.15) is 17.3 Å². The second-order valence-corrected chi connectivity index (χ2v) is 16.8. The summed E-state index contributed by atoms with van der Waals surface area (Å²) in [4.78, 5) is 65.3. The third kappa shape index (κ3) is 6.07. The number of ether oxygens (including phenoxy) is 2. The van der Waals surface area contributed by atoms with Crippen LogP contribution in [0.5, 0.6) is 0 Å². The zero-order chi connectivity index (χ0) is 38.1. The van der Waals surface area contributed by atoms with Crippen molar-refractivity contribution < 1.29 is 59.8 Å². The second-order valence-electron chi connectivity index (χ2n) is 15.5. The first-order valence-corrected chi connectivity index (χ1v) is 17.7. The molecule has 9 nitrogen and oxygen atoms in total. The molecule has 0 bridgehead atoms. The number of carbonyl (C=O) groups is 5. The Morgan fingerprint density at radius 3 is 2.16 bits per heavy atom. The van der Waals surface area contributed by atoms with Gasteiger partial charge in [0.05, 0.1) is 38.0 Å². The van der Waals surface area contributed by atoms with E-state index in [9.17, 15) is 50.3 Å². The Bertz CT molecular complexity index is 1480. The van der Waals surface area contributed by atoms with E-state index in [0.29, 0.717) is 6.42 Å². The van der Waals surface area contributed by atoms with Gasteiger partial charge in [-0.1, -0.05) is 38.9 Å². The van der Waals surface area contributed by atoms with Crippen molar-refractivity contribution in [2.75, 3.05) is 6.61 Å². The fourth-order valence-electron chi connectivity index (χ4n) is 9.58. The lowest BCUT2D eigenvalue weighted by Gasteiger charge is -2.72. The lowest BCUT2D eigenvalue weighted by Crippen LogP contribution is -2.67. The van der Waals surface area contributed by atoms with E-state index in [1.165, 1.54) is 0 Å². The molecule has 0 spiro atoms. The minimum absolute atomic E-state index is 0.0230. The van der Waals surface area contributed by atoms with Crippen LogP contribution in [0.3, 0.4) is 0 Å². The van der Waals surface area contributed by atoms with Gasteiger partial charge in [0.25, 0.3) is 0 Å². The van der Waals surface area contributed by atoms with Crippen LogP contribution in [0.2, 0.25) is 21.3 Å². The summed E-state index contributed by atoms with van der Waals surface area (Å²) in [5.41, 5.74) is -2.36. The first-order chi connectivity index (χ1) is 22.7. The summed E-state index contributed by atoms with van der Waals surface area (Å²) in [6, 6.07) is 0. The molecule has 0 saturated heterocycles. The summed E-state index contributed by atoms with van der Waals surface area (Å²) in [5.74, 6) is -4.45. The van der Waals surface area contributed by atoms with Crippen LogP contribution in [0.25, 0.3) is 0 Å². The highest BCUT2D eigenvalue weighted by Gasteiger charge is 2.77. The summed E-state index contributed by atoms with van der Waals surface area (Å²) in [7, 11) is 28.2. The molecule has 4 aliphatic rings. The van der Waals surface area contributed by atoms with Gasteiger partial charge in [0.2, 0.25) is 11.1 Å². The molecule has 0 heterocycles. The number of hydrogen-bond donors (Lipinski definition) is 0. The van der Waals surface area contributed by atoms with Crippen LogP contribution in [0.15, 0.2) is 0 Å². The largest absolute Gasteiger partial charge is 0.770 e. The molecule has 0 aromatic carbocycles. The average Bonchev–Trinajstić information content (AvgIpc) is 3.20. The Labute approximate surface area is 297 Å². The van der Waals surface area contributed by atoms with E-state index >= 15 is 0 Å². The van der Waals surface area contributed by atoms with Gasteiger partial charge >= 0.3 is 18.1 Å². The van der Waals surface area contributed by atoms with Gasteiger partial charge in [0.15, 0.2) is 0 Å². The molecular formula is C32H39B4F4O9S-. The molecule has 50 heavy (non-hydrogen) atoms. The number of fused-ring (bicyclic) bond motifs is 5. The molecule has 18 heteroatoms. The van der Waals surface area contributed by atoms with Gasteiger partial charge in [-0.15, -0.1) is 0 Å². The number of alkyl halides is 4. The van der Waals surface area contributed by atoms with Crippen molar-refractivity contribution in [2.24, 2.45) is 22.7 Å². The Balaban J connectivity index is 1.39. The smallest absolute Gasteiger partial charge is 0.429 e. The standard InChI is InChI=1S/C32H40B4F4O9S/c1-17(7-8-21(44)48-13-5-6-22(45)49-24(32(38,39)40)27(4,37)50(46)47)29(34)11-12-30(35)23-19(42)15-28(33)14-18(41)9-10-25(28,2)31(23,36)16-20(43)26(29,30)3/h17,23-24H,5-16H2,1-4H3,(H,46,47)/p-1/t17?,23-,24?,25-,26+,27?,28+,29-,30+,31+/m0/s1. The summed E-state index contributed by atoms with van der Waals surface area (Å²) >= 11 is -3.87. The van der Waals surface area contributed by atoms with Gasteiger partial charge in [0, 0.05) is 49.9 Å². The molecule has 11 atom stereocenters. The van der Waals surface area contributed by atoms with E-state index < -0.39 is 97.3 Å². The molecule has 0 aromatic heterocycles. The highest BCUT2D eigenvalue weighted by molar-refractivity contribution is 7.80. The van der Waals surface area contributed by atoms with Crippen LogP contribution >= 0.6 is 0 Å². The summed E-state index contributed by atoms with van der Waals surface area (Å²) in [5, 5.41) is -9.27. The van der Waals surface area contributed by atoms with E-state index in [-0.39, 0.29) is 82.1 Å². The van der Waals surface area contributed by atoms with Crippen molar-refractivity contribution in [2.45, 2.75) is 137 Å². The monoisotopic (exact) mass is 719 g/mol. The van der Waals surface area contributed by atoms with Crippen molar-refractivity contribution >= 4 is 71.8 Å². The van der Waals surface area contributed by atoms with Gasteiger partial charge in [-0.3, -0.25) is 28.2 Å². The quantitative estimate of drug-likeness (QED) is 0.101. The molecule has 4 unspecified atom stereocenters. The molecule has 4 aliphatic carbocycles. The summed E-state index contributed by atoms with van der Waals surface area (Å²) in [6.45, 7) is 4.96. The third-order valence-electron chi connectivity index (χ3n) is 13.0. The Kier molecular flexibility index (Phi) is 10.7. The maximum atomic E-state index is 14.4. The maximum Gasteiger partial charge on any atom is 0.429 e. The van der Waals surface area contributed by atoms with Crippen LogP contribution in [0.4, 0.5) is 17.6 Å². The zero-order valence-corrected chi connectivity index (χ0v) is 29.4. The average molecular weight is 719 g/mol. The van der Waals surface area contributed by atoms with Crippen LogP contribution < -0.4 is 0 Å². The van der Waals surface area contributed by atoms with E-state index in [2.05, 4.69) is 4.74 Å². The predicted molar refractivity (Wildman–Crippen MR) is 174 cm³/mol. The molecular weight excluding hydrogens is 680 g/mol. The topological polar surface area (TPSA) is 144 Å². The minimum atomic E-state index is -5.50. The molecule has 4 rings (SSSR count). The van der Waals surface area contributed by atoms with Crippen LogP contribution in [0, 0.1) is 22.7 Å². The Hall–Kier alpha value is -1.96. The second kappa shape index (κ2) is 13.2. The highest BCUT2D eigenvalue weighted by atomic mass is 32.2. The number of esters is 2. The van der Waals surface area contributed by atoms with Crippen molar-refractivity contribution in [3.63, 3.8) is 0 Å². The zero-order valence-electron chi connectivity index (χ0n) is 28.6. The van der Waals surface area contributed by atoms with Gasteiger partial charge in [-0.25, -0.2) is 4.39 Å². The Morgan fingerprint density at radius 2 is 1.58 bits per heavy atom. The fraction of sp³-hybridized carbons (Fsp3) is 0.844. The van der Waals surface area contributed by atoms with Gasteiger partial charge in [-0.2, -0.15) is 13.2 Å². The number of halogens is 4. The lowest BCUT2D eigenvalue weighted by atomic mass is 9.21. The summed E-state index contributed by atoms with van der Waals surface area (Å²) in [6.07, 6.45) is -9.54. The van der Waals surface area contributed by atoms with Crippen LogP contribution in [0.1, 0.15) is 98.3 Å². The fourth-order valence-corrected chi connectivity index (χ4v) is 9.94. The maximum absolute atomic E-state index is 14.4. The van der Waals surface area contributed by atoms with Crippen molar-refractivity contribution in [1.29, 1.82) is 0 Å². The summed E-state index contributed by atoms with van der Waals surface area (Å²) < 4.78 is 84.6. The molecule has 0 aliphatic heterocycles. The number of ketones is 3. The first-order valence-electron chi connectivity index (χ1n) is 16.6. The van der Waals surface area contributed by atoms with Crippen molar-refractivity contribution in [1.82, 2.24) is 0 Å². The van der Waals surface area contributed by atoms with Crippen LogP contribution in [-0.2, 0) is 44.5 Å². The van der Waals surface area contributed by atoms with Gasteiger partial charge in [-0.05, 0) is 64.5 Å². The number of hydrogen-bond acceptors (Lipinski definition) is 9. The number of carbonyl (C=O) groups excluding carboxylic acids is 5. The molecule has 0 N–H and O–H groups in total. The van der Waals surface area contributed by atoms with Gasteiger partial charge < -0.3 is 14.0 Å². The molecule has 0 aromatic rings. The third-order valence-corrected chi connectivity index (χ3v) is 13.9. The number of rotatable bonds is 11. The van der Waals surface area contributed by atoms with Crippen molar-refractivity contribution in [3.8, 4) is 0 Å². The minimum Gasteiger partial charge on any atom is -0.770 e. The predicted octanol–water partition coefficient (Wildman–Crippen LogP) is 4.20. The first kappa shape index (κ1) is 40.8. The molecule has 4 fully saturated rings. The molecule has 8 radical (unpaired) electrons. The van der Waals surface area contributed by atoms with E-state index in [0.717, 1.165) is 0 Å². The number of Topliss-reactive ketones (excluding diaryl/α,β-unsaturated/α-hetero) is 3. The molecule has 0 amide bonds.